The topological polar surface area (TPSA) is 46.6 Å². The van der Waals surface area contributed by atoms with E-state index >= 15 is 0 Å². The molecule has 0 aromatic heterocycles. The molecule has 0 spiro atoms. The third kappa shape index (κ3) is 3.76. The molecule has 1 aliphatic heterocycles. The summed E-state index contributed by atoms with van der Waals surface area (Å²) in [4.78, 5) is 26.1. The Morgan fingerprint density at radius 3 is 2.68 bits per heavy atom. The fraction of sp³-hybridized carbons (Fsp3) is 0.200. The highest BCUT2D eigenvalue weighted by atomic mass is 19.1. The minimum atomic E-state index is -0.913. The van der Waals surface area contributed by atoms with Gasteiger partial charge in [0.1, 0.15) is 5.82 Å². The smallest absolute Gasteiger partial charge is 0.331 e. The number of para-hydroxylation sites is 1. The summed E-state index contributed by atoms with van der Waals surface area (Å²) >= 11 is 0. The van der Waals surface area contributed by atoms with E-state index in [4.69, 9.17) is 4.74 Å². The highest BCUT2D eigenvalue weighted by Gasteiger charge is 2.29. The van der Waals surface area contributed by atoms with Crippen molar-refractivity contribution in [3.8, 4) is 0 Å². The standard InChI is InChI=1S/C20H18FNO3/c1-14(20(24)22-13-12-16-7-3-5-9-18(16)22)25-19(23)11-10-15-6-2-4-8-17(15)21/h2-11,14H,12-13H2,1H3/b11-10+. The molecule has 0 bridgehead atoms. The quantitative estimate of drug-likeness (QED) is 0.634. The van der Waals surface area contributed by atoms with Crippen molar-refractivity contribution in [2.75, 3.05) is 11.4 Å². The lowest BCUT2D eigenvalue weighted by atomic mass is 10.2. The van der Waals surface area contributed by atoms with Gasteiger partial charge in [0.2, 0.25) is 0 Å². The Bertz CT molecular complexity index is 831. The largest absolute Gasteiger partial charge is 0.449 e. The van der Waals surface area contributed by atoms with Gasteiger partial charge in [0.15, 0.2) is 6.10 Å². The molecule has 4 nitrogen and oxygen atoms in total. The van der Waals surface area contributed by atoms with Crippen LogP contribution in [0.25, 0.3) is 6.08 Å². The Morgan fingerprint density at radius 1 is 1.16 bits per heavy atom. The molecule has 0 fully saturated rings. The van der Waals surface area contributed by atoms with Crippen LogP contribution < -0.4 is 4.90 Å². The lowest BCUT2D eigenvalue weighted by Crippen LogP contribution is -2.38. The van der Waals surface area contributed by atoms with Crippen LogP contribution in [-0.4, -0.2) is 24.5 Å². The molecule has 0 saturated heterocycles. The number of hydrogen-bond acceptors (Lipinski definition) is 3. The molecule has 5 heteroatoms. The van der Waals surface area contributed by atoms with Crippen LogP contribution in [-0.2, 0) is 20.7 Å². The third-order valence-corrected chi connectivity index (χ3v) is 4.10. The van der Waals surface area contributed by atoms with Crippen LogP contribution in [0.3, 0.4) is 0 Å². The van der Waals surface area contributed by atoms with Crippen molar-refractivity contribution < 1.29 is 18.7 Å². The zero-order chi connectivity index (χ0) is 17.8. The van der Waals surface area contributed by atoms with Gasteiger partial charge in [0.25, 0.3) is 5.91 Å². The van der Waals surface area contributed by atoms with Crippen LogP contribution in [0.15, 0.2) is 54.6 Å². The van der Waals surface area contributed by atoms with Gasteiger partial charge in [-0.25, -0.2) is 9.18 Å². The molecular formula is C20H18FNO3. The number of anilines is 1. The van der Waals surface area contributed by atoms with Gasteiger partial charge in [-0.05, 0) is 37.1 Å². The summed E-state index contributed by atoms with van der Waals surface area (Å²) in [5.74, 6) is -1.38. The molecule has 2 aromatic rings. The lowest BCUT2D eigenvalue weighted by molar-refractivity contribution is -0.149. The Labute approximate surface area is 145 Å². The summed E-state index contributed by atoms with van der Waals surface area (Å²) < 4.78 is 18.7. The molecule has 0 aliphatic carbocycles. The van der Waals surface area contributed by atoms with Crippen molar-refractivity contribution >= 4 is 23.6 Å². The SMILES string of the molecule is CC(OC(=O)/C=C/c1ccccc1F)C(=O)N1CCc2ccccc21. The van der Waals surface area contributed by atoms with Gasteiger partial charge in [-0.15, -0.1) is 0 Å². The van der Waals surface area contributed by atoms with Crippen LogP contribution >= 0.6 is 0 Å². The van der Waals surface area contributed by atoms with Crippen LogP contribution in [0.1, 0.15) is 18.1 Å². The number of halogens is 1. The van der Waals surface area contributed by atoms with E-state index in [0.717, 1.165) is 23.7 Å². The second-order valence-corrected chi connectivity index (χ2v) is 5.80. The first-order valence-electron chi connectivity index (χ1n) is 8.09. The van der Waals surface area contributed by atoms with Gasteiger partial charge in [-0.1, -0.05) is 36.4 Å². The molecule has 1 aliphatic rings. The normalized spacial score (nSPS) is 14.4. The van der Waals surface area contributed by atoms with Crippen LogP contribution in [0, 0.1) is 5.82 Å². The fourth-order valence-corrected chi connectivity index (χ4v) is 2.82. The van der Waals surface area contributed by atoms with E-state index in [2.05, 4.69) is 0 Å². The molecule has 3 rings (SSSR count). The molecular weight excluding hydrogens is 321 g/mol. The minimum Gasteiger partial charge on any atom is -0.449 e. The van der Waals surface area contributed by atoms with E-state index in [1.165, 1.54) is 19.1 Å². The maximum absolute atomic E-state index is 13.5. The van der Waals surface area contributed by atoms with Gasteiger partial charge >= 0.3 is 5.97 Å². The van der Waals surface area contributed by atoms with Crippen LogP contribution in [0.5, 0.6) is 0 Å². The molecule has 0 radical (unpaired) electrons. The van der Waals surface area contributed by atoms with E-state index < -0.39 is 17.9 Å². The number of esters is 1. The second-order valence-electron chi connectivity index (χ2n) is 5.80. The summed E-state index contributed by atoms with van der Waals surface area (Å²) in [6, 6.07) is 13.8. The highest BCUT2D eigenvalue weighted by Crippen LogP contribution is 2.28. The van der Waals surface area contributed by atoms with E-state index in [-0.39, 0.29) is 11.5 Å². The highest BCUT2D eigenvalue weighted by molar-refractivity contribution is 6.00. The van der Waals surface area contributed by atoms with Gasteiger partial charge in [0, 0.05) is 23.9 Å². The van der Waals surface area contributed by atoms with Crippen molar-refractivity contribution in [2.45, 2.75) is 19.4 Å². The summed E-state index contributed by atoms with van der Waals surface area (Å²) in [5, 5.41) is 0. The minimum absolute atomic E-state index is 0.266. The lowest BCUT2D eigenvalue weighted by Gasteiger charge is -2.21. The first-order chi connectivity index (χ1) is 12.1. The van der Waals surface area contributed by atoms with Gasteiger partial charge in [-0.3, -0.25) is 4.79 Å². The molecule has 25 heavy (non-hydrogen) atoms. The maximum atomic E-state index is 13.5. The summed E-state index contributed by atoms with van der Waals surface area (Å²) in [7, 11) is 0. The van der Waals surface area contributed by atoms with Crippen LogP contribution in [0.2, 0.25) is 0 Å². The zero-order valence-electron chi connectivity index (χ0n) is 13.8. The monoisotopic (exact) mass is 339 g/mol. The van der Waals surface area contributed by atoms with Crippen molar-refractivity contribution in [3.63, 3.8) is 0 Å². The van der Waals surface area contributed by atoms with Gasteiger partial charge in [0.05, 0.1) is 0 Å². The van der Waals surface area contributed by atoms with Crippen molar-refractivity contribution in [3.05, 3.63) is 71.6 Å². The molecule has 0 saturated carbocycles. The number of hydrogen-bond donors (Lipinski definition) is 0. The number of fused-ring (bicyclic) bond motifs is 1. The summed E-state index contributed by atoms with van der Waals surface area (Å²) in [6.45, 7) is 2.11. The molecule has 1 unspecified atom stereocenters. The Hall–Kier alpha value is -2.95. The van der Waals surface area contributed by atoms with Crippen molar-refractivity contribution in [1.29, 1.82) is 0 Å². The third-order valence-electron chi connectivity index (χ3n) is 4.10. The number of ether oxygens (including phenoxy) is 1. The first-order valence-corrected chi connectivity index (χ1v) is 8.09. The summed E-state index contributed by atoms with van der Waals surface area (Å²) in [5.41, 5.74) is 2.25. The van der Waals surface area contributed by atoms with Gasteiger partial charge in [-0.2, -0.15) is 0 Å². The molecule has 1 heterocycles. The molecule has 128 valence electrons. The number of nitrogens with zero attached hydrogens (tertiary/aromatic N) is 1. The number of carbonyl (C=O) groups is 2. The number of carbonyl (C=O) groups excluding carboxylic acids is 2. The number of rotatable bonds is 4. The van der Waals surface area contributed by atoms with E-state index in [0.29, 0.717) is 6.54 Å². The Balaban J connectivity index is 1.62. The molecule has 0 N–H and O–H groups in total. The zero-order valence-corrected chi connectivity index (χ0v) is 13.8. The van der Waals surface area contributed by atoms with Gasteiger partial charge < -0.3 is 9.64 Å². The molecule has 2 aromatic carbocycles. The fourth-order valence-electron chi connectivity index (χ4n) is 2.82. The van der Waals surface area contributed by atoms with Crippen LogP contribution in [0.4, 0.5) is 10.1 Å². The van der Waals surface area contributed by atoms with Crippen molar-refractivity contribution in [1.82, 2.24) is 0 Å². The average Bonchev–Trinajstić information content (AvgIpc) is 3.04. The number of benzene rings is 2. The maximum Gasteiger partial charge on any atom is 0.331 e. The predicted octanol–water partition coefficient (Wildman–Crippen LogP) is 3.36. The first kappa shape index (κ1) is 16.9. The molecule has 1 atom stereocenters. The molecule has 1 amide bonds. The predicted molar refractivity (Wildman–Crippen MR) is 93.5 cm³/mol. The Morgan fingerprint density at radius 2 is 1.88 bits per heavy atom. The average molecular weight is 339 g/mol. The number of amides is 1. The summed E-state index contributed by atoms with van der Waals surface area (Å²) in [6.07, 6.45) is 2.33. The van der Waals surface area contributed by atoms with E-state index in [9.17, 15) is 14.0 Å². The van der Waals surface area contributed by atoms with E-state index in [1.54, 1.807) is 23.1 Å². The Kier molecular flexibility index (Phi) is 4.93. The second kappa shape index (κ2) is 7.30. The van der Waals surface area contributed by atoms with Crippen molar-refractivity contribution in [2.24, 2.45) is 0 Å². The van der Waals surface area contributed by atoms with E-state index in [1.807, 2.05) is 24.3 Å².